The van der Waals surface area contributed by atoms with Crippen LogP contribution in [0.1, 0.15) is 48.2 Å². The molecule has 0 bridgehead atoms. The SMILES string of the molecule is Cc1ccc(C2NC(=O)N(C)C3=C2C(=O)N(C(C(=O)NCC(C)C)c2ccccc2)C3)c(C)c1. The summed E-state index contributed by atoms with van der Waals surface area (Å²) in [5.74, 6) is -0.179. The van der Waals surface area contributed by atoms with E-state index in [1.807, 2.05) is 76.2 Å². The first-order valence-electron chi connectivity index (χ1n) is 11.7. The van der Waals surface area contributed by atoms with Crippen molar-refractivity contribution in [3.8, 4) is 0 Å². The highest BCUT2D eigenvalue weighted by atomic mass is 16.2. The number of aryl methyl sites for hydroxylation is 2. The van der Waals surface area contributed by atoms with E-state index in [1.165, 1.54) is 4.90 Å². The van der Waals surface area contributed by atoms with Gasteiger partial charge in [-0.25, -0.2) is 4.79 Å². The van der Waals surface area contributed by atoms with Crippen molar-refractivity contribution in [2.75, 3.05) is 20.1 Å². The maximum absolute atomic E-state index is 13.9. The van der Waals surface area contributed by atoms with Crippen LogP contribution < -0.4 is 10.6 Å². The van der Waals surface area contributed by atoms with Gasteiger partial charge in [-0.05, 0) is 36.5 Å². The van der Waals surface area contributed by atoms with E-state index in [0.717, 1.165) is 22.3 Å². The van der Waals surface area contributed by atoms with Crippen molar-refractivity contribution in [2.24, 2.45) is 5.92 Å². The van der Waals surface area contributed by atoms with Crippen LogP contribution in [0.15, 0.2) is 59.8 Å². The van der Waals surface area contributed by atoms with E-state index < -0.39 is 12.1 Å². The zero-order chi connectivity index (χ0) is 24.6. The van der Waals surface area contributed by atoms with Crippen LogP contribution in [0.3, 0.4) is 0 Å². The van der Waals surface area contributed by atoms with E-state index in [1.54, 1.807) is 11.9 Å². The van der Waals surface area contributed by atoms with Crippen LogP contribution in [0.2, 0.25) is 0 Å². The highest BCUT2D eigenvalue weighted by Gasteiger charge is 2.46. The molecule has 2 aromatic rings. The first kappa shape index (κ1) is 23.5. The van der Waals surface area contributed by atoms with Gasteiger partial charge in [0.15, 0.2) is 0 Å². The molecule has 0 fully saturated rings. The summed E-state index contributed by atoms with van der Waals surface area (Å²) < 4.78 is 0. The van der Waals surface area contributed by atoms with Crippen LogP contribution in [0.4, 0.5) is 4.79 Å². The monoisotopic (exact) mass is 460 g/mol. The molecule has 4 amide bonds. The lowest BCUT2D eigenvalue weighted by molar-refractivity contribution is -0.136. The van der Waals surface area contributed by atoms with Gasteiger partial charge in [-0.3, -0.25) is 14.5 Å². The lowest BCUT2D eigenvalue weighted by Gasteiger charge is -2.31. The zero-order valence-corrected chi connectivity index (χ0v) is 20.4. The molecule has 2 aromatic carbocycles. The Bertz CT molecular complexity index is 1160. The number of likely N-dealkylation sites (N-methyl/N-ethyl adjacent to an activating group) is 1. The number of nitrogens with one attached hydrogen (secondary N) is 2. The smallest absolute Gasteiger partial charge is 0.322 e. The van der Waals surface area contributed by atoms with Crippen LogP contribution in [0.5, 0.6) is 0 Å². The van der Waals surface area contributed by atoms with E-state index in [0.29, 0.717) is 17.8 Å². The summed E-state index contributed by atoms with van der Waals surface area (Å²) in [7, 11) is 1.66. The third-order valence-electron chi connectivity index (χ3n) is 6.48. The molecule has 2 aliphatic rings. The Morgan fingerprint density at radius 1 is 1.12 bits per heavy atom. The standard InChI is InChI=1S/C27H32N4O3/c1-16(2)14-28-25(32)24(19-9-7-6-8-10-19)31-15-21-22(26(31)33)23(29-27(34)30(21)5)20-12-11-17(3)13-18(20)4/h6-13,16,23-24H,14-15H2,1-5H3,(H,28,32)(H,29,34). The van der Waals surface area contributed by atoms with Crippen molar-refractivity contribution in [3.63, 3.8) is 0 Å². The summed E-state index contributed by atoms with van der Waals surface area (Å²) in [6.07, 6.45) is 0. The highest BCUT2D eigenvalue weighted by molar-refractivity contribution is 6.03. The Labute approximate surface area is 200 Å². The number of carbonyl (C=O) groups is 3. The number of carbonyl (C=O) groups excluding carboxylic acids is 3. The van der Waals surface area contributed by atoms with E-state index in [4.69, 9.17) is 0 Å². The number of urea groups is 1. The highest BCUT2D eigenvalue weighted by Crippen LogP contribution is 2.40. The number of rotatable bonds is 6. The van der Waals surface area contributed by atoms with Gasteiger partial charge in [0.2, 0.25) is 5.91 Å². The molecule has 0 aromatic heterocycles. The van der Waals surface area contributed by atoms with Crippen molar-refractivity contribution in [1.29, 1.82) is 0 Å². The minimum absolute atomic E-state index is 0.189. The van der Waals surface area contributed by atoms with Crippen molar-refractivity contribution in [2.45, 2.75) is 39.8 Å². The molecule has 7 nitrogen and oxygen atoms in total. The molecule has 7 heteroatoms. The molecule has 2 N–H and O–H groups in total. The molecule has 0 saturated heterocycles. The molecule has 0 spiro atoms. The van der Waals surface area contributed by atoms with Gasteiger partial charge in [0.05, 0.1) is 23.9 Å². The largest absolute Gasteiger partial charge is 0.354 e. The van der Waals surface area contributed by atoms with E-state index in [2.05, 4.69) is 10.6 Å². The predicted molar refractivity (Wildman–Crippen MR) is 131 cm³/mol. The van der Waals surface area contributed by atoms with Gasteiger partial charge in [-0.15, -0.1) is 0 Å². The lowest BCUT2D eigenvalue weighted by atomic mass is 9.91. The normalized spacial score (nSPS) is 18.8. The van der Waals surface area contributed by atoms with Gasteiger partial charge < -0.3 is 15.5 Å². The Balaban J connectivity index is 1.74. The fourth-order valence-electron chi connectivity index (χ4n) is 4.69. The number of nitrogens with zero attached hydrogens (tertiary/aromatic N) is 2. The Morgan fingerprint density at radius 2 is 1.82 bits per heavy atom. The van der Waals surface area contributed by atoms with Gasteiger partial charge in [0.25, 0.3) is 5.91 Å². The fraction of sp³-hybridized carbons (Fsp3) is 0.370. The number of hydrogen-bond acceptors (Lipinski definition) is 3. The van der Waals surface area contributed by atoms with Crippen molar-refractivity contribution >= 4 is 17.8 Å². The maximum Gasteiger partial charge on any atom is 0.322 e. The second kappa shape index (κ2) is 9.33. The molecule has 2 heterocycles. The molecule has 0 aliphatic carbocycles. The average Bonchev–Trinajstić information content (AvgIpc) is 3.13. The molecule has 2 aliphatic heterocycles. The average molecular weight is 461 g/mol. The van der Waals surface area contributed by atoms with Gasteiger partial charge >= 0.3 is 6.03 Å². The predicted octanol–water partition coefficient (Wildman–Crippen LogP) is 3.61. The molecular weight excluding hydrogens is 428 g/mol. The molecule has 178 valence electrons. The first-order chi connectivity index (χ1) is 16.2. The first-order valence-corrected chi connectivity index (χ1v) is 11.7. The molecule has 34 heavy (non-hydrogen) atoms. The van der Waals surface area contributed by atoms with Crippen molar-refractivity contribution in [3.05, 3.63) is 82.1 Å². The summed E-state index contributed by atoms with van der Waals surface area (Å²) >= 11 is 0. The van der Waals surface area contributed by atoms with E-state index in [-0.39, 0.29) is 30.3 Å². The molecule has 0 radical (unpaired) electrons. The molecule has 2 unspecified atom stereocenters. The summed E-state index contributed by atoms with van der Waals surface area (Å²) in [6, 6.07) is 13.7. The van der Waals surface area contributed by atoms with Crippen LogP contribution >= 0.6 is 0 Å². The van der Waals surface area contributed by atoms with Crippen LogP contribution in [0, 0.1) is 19.8 Å². The number of benzene rings is 2. The minimum atomic E-state index is -0.790. The quantitative estimate of drug-likeness (QED) is 0.691. The third kappa shape index (κ3) is 4.30. The summed E-state index contributed by atoms with van der Waals surface area (Å²) in [6.45, 7) is 8.75. The van der Waals surface area contributed by atoms with Gasteiger partial charge in [-0.2, -0.15) is 0 Å². The van der Waals surface area contributed by atoms with Gasteiger partial charge in [0.1, 0.15) is 6.04 Å². The van der Waals surface area contributed by atoms with Crippen molar-refractivity contribution < 1.29 is 14.4 Å². The fourth-order valence-corrected chi connectivity index (χ4v) is 4.69. The van der Waals surface area contributed by atoms with Crippen molar-refractivity contribution in [1.82, 2.24) is 20.4 Å². The molecule has 4 rings (SSSR count). The second-order valence-corrected chi connectivity index (χ2v) is 9.55. The maximum atomic E-state index is 13.9. The molecule has 2 atom stereocenters. The Kier molecular flexibility index (Phi) is 6.46. The summed E-state index contributed by atoms with van der Waals surface area (Å²) in [5, 5.41) is 5.98. The van der Waals surface area contributed by atoms with Crippen LogP contribution in [-0.4, -0.2) is 47.8 Å². The molecule has 0 saturated carbocycles. The minimum Gasteiger partial charge on any atom is -0.354 e. The van der Waals surface area contributed by atoms with Gasteiger partial charge in [0, 0.05) is 13.6 Å². The topological polar surface area (TPSA) is 81.8 Å². The number of amides is 4. The zero-order valence-electron chi connectivity index (χ0n) is 20.4. The lowest BCUT2D eigenvalue weighted by Crippen LogP contribution is -2.45. The third-order valence-corrected chi connectivity index (χ3v) is 6.48. The van der Waals surface area contributed by atoms with E-state index >= 15 is 0 Å². The van der Waals surface area contributed by atoms with Crippen LogP contribution in [0.25, 0.3) is 0 Å². The van der Waals surface area contributed by atoms with Gasteiger partial charge in [-0.1, -0.05) is 67.9 Å². The second-order valence-electron chi connectivity index (χ2n) is 9.55. The Hall–Kier alpha value is -3.61. The van der Waals surface area contributed by atoms with E-state index in [9.17, 15) is 14.4 Å². The van der Waals surface area contributed by atoms with Crippen LogP contribution in [-0.2, 0) is 9.59 Å². The summed E-state index contributed by atoms with van der Waals surface area (Å²) in [5.41, 5.74) is 4.89. The Morgan fingerprint density at radius 3 is 2.47 bits per heavy atom. The number of hydrogen-bond donors (Lipinski definition) is 2. The summed E-state index contributed by atoms with van der Waals surface area (Å²) in [4.78, 5) is 43.2. The molecular formula is C27H32N4O3.